The van der Waals surface area contributed by atoms with Gasteiger partial charge in [-0.05, 0) is 45.4 Å². The molecule has 0 amide bonds. The van der Waals surface area contributed by atoms with Crippen molar-refractivity contribution in [3.63, 3.8) is 0 Å². The van der Waals surface area contributed by atoms with E-state index < -0.39 is 0 Å². The Labute approximate surface area is 130 Å². The SMILES string of the molecule is COCc1nc(-c2cc(C)ccn2)sc1CNC(C)(C)C. The standard InChI is InChI=1S/C16H23N3OS/c1-11-6-7-17-12(8-11)15-19-13(10-20-5)14(21-15)9-18-16(2,3)4/h6-8,18H,9-10H2,1-5H3. The van der Waals surface area contributed by atoms with Gasteiger partial charge >= 0.3 is 0 Å². The molecule has 0 unspecified atom stereocenters. The summed E-state index contributed by atoms with van der Waals surface area (Å²) >= 11 is 1.69. The summed E-state index contributed by atoms with van der Waals surface area (Å²) in [6.07, 6.45) is 1.83. The van der Waals surface area contributed by atoms with Crippen LogP contribution in [0.25, 0.3) is 10.7 Å². The number of hydrogen-bond donors (Lipinski definition) is 1. The second-order valence-corrected chi connectivity index (χ2v) is 7.23. The summed E-state index contributed by atoms with van der Waals surface area (Å²) < 4.78 is 5.27. The van der Waals surface area contributed by atoms with Crippen molar-refractivity contribution in [3.8, 4) is 10.7 Å². The quantitative estimate of drug-likeness (QED) is 0.917. The Morgan fingerprint density at radius 1 is 1.33 bits per heavy atom. The van der Waals surface area contributed by atoms with Crippen molar-refractivity contribution in [2.24, 2.45) is 0 Å². The summed E-state index contributed by atoms with van der Waals surface area (Å²) in [5, 5.41) is 4.46. The van der Waals surface area contributed by atoms with E-state index >= 15 is 0 Å². The van der Waals surface area contributed by atoms with Crippen LogP contribution in [0.15, 0.2) is 18.3 Å². The molecule has 21 heavy (non-hydrogen) atoms. The van der Waals surface area contributed by atoms with Gasteiger partial charge in [0.25, 0.3) is 0 Å². The van der Waals surface area contributed by atoms with E-state index in [1.165, 1.54) is 10.4 Å². The highest BCUT2D eigenvalue weighted by Gasteiger charge is 2.16. The van der Waals surface area contributed by atoms with Crippen LogP contribution in [0, 0.1) is 6.92 Å². The molecule has 0 fully saturated rings. The first-order valence-corrected chi connectivity index (χ1v) is 7.86. The van der Waals surface area contributed by atoms with Gasteiger partial charge < -0.3 is 10.1 Å². The van der Waals surface area contributed by atoms with Gasteiger partial charge in [0.2, 0.25) is 0 Å². The number of hydrogen-bond acceptors (Lipinski definition) is 5. The molecule has 0 aliphatic heterocycles. The van der Waals surface area contributed by atoms with Crippen molar-refractivity contribution in [2.45, 2.75) is 46.4 Å². The minimum absolute atomic E-state index is 0.0794. The van der Waals surface area contributed by atoms with Crippen molar-refractivity contribution in [1.82, 2.24) is 15.3 Å². The summed E-state index contributed by atoms with van der Waals surface area (Å²) in [6, 6.07) is 4.06. The third-order valence-corrected chi connectivity index (χ3v) is 4.09. The summed E-state index contributed by atoms with van der Waals surface area (Å²) in [7, 11) is 1.70. The van der Waals surface area contributed by atoms with Gasteiger partial charge in [-0.2, -0.15) is 0 Å². The summed E-state index contributed by atoms with van der Waals surface area (Å²) in [4.78, 5) is 10.3. The minimum atomic E-state index is 0.0794. The maximum Gasteiger partial charge on any atom is 0.142 e. The number of ether oxygens (including phenoxy) is 1. The molecule has 114 valence electrons. The van der Waals surface area contributed by atoms with Crippen LogP contribution in [-0.2, 0) is 17.9 Å². The van der Waals surface area contributed by atoms with Crippen LogP contribution in [0.5, 0.6) is 0 Å². The van der Waals surface area contributed by atoms with E-state index in [4.69, 9.17) is 9.72 Å². The van der Waals surface area contributed by atoms with Gasteiger partial charge in [0.15, 0.2) is 0 Å². The Kier molecular flexibility index (Phi) is 5.08. The zero-order valence-corrected chi connectivity index (χ0v) is 14.2. The van der Waals surface area contributed by atoms with E-state index in [-0.39, 0.29) is 5.54 Å². The average Bonchev–Trinajstić information content (AvgIpc) is 2.79. The zero-order valence-electron chi connectivity index (χ0n) is 13.4. The molecular formula is C16H23N3OS. The maximum atomic E-state index is 5.27. The number of rotatable bonds is 5. The van der Waals surface area contributed by atoms with Gasteiger partial charge in [-0.3, -0.25) is 4.98 Å². The van der Waals surface area contributed by atoms with Crippen LogP contribution < -0.4 is 5.32 Å². The van der Waals surface area contributed by atoms with E-state index in [9.17, 15) is 0 Å². The molecule has 0 radical (unpaired) electrons. The average molecular weight is 305 g/mol. The highest BCUT2D eigenvalue weighted by molar-refractivity contribution is 7.15. The molecule has 0 aliphatic rings. The van der Waals surface area contributed by atoms with Crippen LogP contribution in [0.4, 0.5) is 0 Å². The lowest BCUT2D eigenvalue weighted by molar-refractivity contribution is 0.181. The number of pyridine rings is 1. The summed E-state index contributed by atoms with van der Waals surface area (Å²) in [5.41, 5.74) is 3.20. The Balaban J connectivity index is 2.28. The largest absolute Gasteiger partial charge is 0.378 e. The molecule has 0 aromatic carbocycles. The van der Waals surface area contributed by atoms with Gasteiger partial charge in [0, 0.05) is 30.3 Å². The Hall–Kier alpha value is -1.30. The molecule has 2 heterocycles. The number of methoxy groups -OCH3 is 1. The fourth-order valence-electron chi connectivity index (χ4n) is 1.88. The van der Waals surface area contributed by atoms with Crippen molar-refractivity contribution in [1.29, 1.82) is 0 Å². The van der Waals surface area contributed by atoms with Gasteiger partial charge in [-0.1, -0.05) is 0 Å². The minimum Gasteiger partial charge on any atom is -0.378 e. The molecule has 2 rings (SSSR count). The number of nitrogens with one attached hydrogen (secondary N) is 1. The first-order chi connectivity index (χ1) is 9.89. The van der Waals surface area contributed by atoms with E-state index in [0.29, 0.717) is 6.61 Å². The Bertz CT molecular complexity index is 602. The Morgan fingerprint density at radius 3 is 2.71 bits per heavy atom. The molecular weight excluding hydrogens is 282 g/mol. The highest BCUT2D eigenvalue weighted by atomic mass is 32.1. The zero-order chi connectivity index (χ0) is 15.5. The molecule has 0 bridgehead atoms. The normalized spacial score (nSPS) is 11.9. The monoisotopic (exact) mass is 305 g/mol. The second-order valence-electron chi connectivity index (χ2n) is 6.14. The topological polar surface area (TPSA) is 47.0 Å². The van der Waals surface area contributed by atoms with E-state index in [0.717, 1.165) is 22.9 Å². The van der Waals surface area contributed by atoms with Gasteiger partial charge in [-0.25, -0.2) is 4.98 Å². The van der Waals surface area contributed by atoms with Gasteiger partial charge in [0.05, 0.1) is 18.0 Å². The van der Waals surface area contributed by atoms with Crippen molar-refractivity contribution in [3.05, 3.63) is 34.5 Å². The molecule has 0 atom stereocenters. The predicted octanol–water partition coefficient (Wildman–Crippen LogP) is 3.55. The smallest absolute Gasteiger partial charge is 0.142 e. The molecule has 0 spiro atoms. The third-order valence-electron chi connectivity index (χ3n) is 2.97. The summed E-state index contributed by atoms with van der Waals surface area (Å²) in [6.45, 7) is 9.87. The number of aromatic nitrogens is 2. The third kappa shape index (κ3) is 4.59. The van der Waals surface area contributed by atoms with Crippen LogP contribution in [0.3, 0.4) is 0 Å². The molecule has 0 saturated carbocycles. The van der Waals surface area contributed by atoms with Crippen molar-refractivity contribution >= 4 is 11.3 Å². The van der Waals surface area contributed by atoms with Crippen molar-refractivity contribution < 1.29 is 4.74 Å². The first kappa shape index (κ1) is 16.1. The summed E-state index contributed by atoms with van der Waals surface area (Å²) in [5.74, 6) is 0. The lowest BCUT2D eigenvalue weighted by atomic mass is 10.1. The predicted molar refractivity (Wildman–Crippen MR) is 87.4 cm³/mol. The van der Waals surface area contributed by atoms with E-state index in [2.05, 4.69) is 44.1 Å². The molecule has 1 N–H and O–H groups in total. The molecule has 2 aromatic heterocycles. The van der Waals surface area contributed by atoms with Gasteiger partial charge in [-0.15, -0.1) is 11.3 Å². The van der Waals surface area contributed by atoms with E-state index in [1.807, 2.05) is 12.3 Å². The molecule has 0 aliphatic carbocycles. The number of nitrogens with zero attached hydrogens (tertiary/aromatic N) is 2. The fraction of sp³-hybridized carbons (Fsp3) is 0.500. The van der Waals surface area contributed by atoms with Crippen LogP contribution >= 0.6 is 11.3 Å². The maximum absolute atomic E-state index is 5.27. The lowest BCUT2D eigenvalue weighted by Gasteiger charge is -2.20. The van der Waals surface area contributed by atoms with E-state index in [1.54, 1.807) is 18.4 Å². The highest BCUT2D eigenvalue weighted by Crippen LogP contribution is 2.28. The van der Waals surface area contributed by atoms with Gasteiger partial charge in [0.1, 0.15) is 5.01 Å². The molecule has 2 aromatic rings. The molecule has 4 nitrogen and oxygen atoms in total. The fourth-order valence-corrected chi connectivity index (χ4v) is 2.85. The number of aryl methyl sites for hydroxylation is 1. The molecule has 5 heteroatoms. The molecule has 0 saturated heterocycles. The lowest BCUT2D eigenvalue weighted by Crippen LogP contribution is -2.35. The van der Waals surface area contributed by atoms with Crippen LogP contribution in [0.1, 0.15) is 36.9 Å². The number of thiazole rings is 1. The van der Waals surface area contributed by atoms with Crippen LogP contribution in [-0.4, -0.2) is 22.6 Å². The Morgan fingerprint density at radius 2 is 2.10 bits per heavy atom. The second kappa shape index (κ2) is 6.64. The van der Waals surface area contributed by atoms with Crippen LogP contribution in [0.2, 0.25) is 0 Å². The van der Waals surface area contributed by atoms with Crippen molar-refractivity contribution in [2.75, 3.05) is 7.11 Å². The first-order valence-electron chi connectivity index (χ1n) is 7.04.